The average Bonchev–Trinajstić information content (AvgIpc) is 2.48. The first kappa shape index (κ1) is 23.8. The van der Waals surface area contributed by atoms with E-state index in [1.54, 1.807) is 20.8 Å². The summed E-state index contributed by atoms with van der Waals surface area (Å²) in [6.07, 6.45) is -5.81. The Morgan fingerprint density at radius 3 is 1.64 bits per heavy atom. The molecule has 1 saturated heterocycles. The van der Waals surface area contributed by atoms with E-state index in [1.165, 1.54) is 13.8 Å². The van der Waals surface area contributed by atoms with E-state index in [0.29, 0.717) is 0 Å². The summed E-state index contributed by atoms with van der Waals surface area (Å²) in [7, 11) is 0. The fraction of sp³-hybridized carbons (Fsp3) is 0.778. The van der Waals surface area contributed by atoms with Gasteiger partial charge in [-0.15, -0.1) is 0 Å². The average molecular weight is 404 g/mol. The Hall–Kier alpha value is -2.20. The van der Waals surface area contributed by atoms with Crippen LogP contribution < -0.4 is 0 Å². The van der Waals surface area contributed by atoms with Crippen LogP contribution in [0.25, 0.3) is 0 Å². The molecule has 0 aliphatic carbocycles. The topological polar surface area (TPSA) is 124 Å². The maximum atomic E-state index is 11.7. The Balaban J connectivity index is 3.33. The van der Waals surface area contributed by atoms with E-state index in [4.69, 9.17) is 28.4 Å². The second kappa shape index (κ2) is 9.83. The summed E-state index contributed by atoms with van der Waals surface area (Å²) in [5.41, 5.74) is -0.718. The Morgan fingerprint density at radius 1 is 0.750 bits per heavy atom. The zero-order chi connectivity index (χ0) is 21.6. The van der Waals surface area contributed by atoms with Gasteiger partial charge in [-0.2, -0.15) is 0 Å². The minimum atomic E-state index is -1.23. The molecule has 10 nitrogen and oxygen atoms in total. The van der Waals surface area contributed by atoms with Gasteiger partial charge in [0.15, 0.2) is 24.6 Å². The van der Waals surface area contributed by atoms with Crippen molar-refractivity contribution in [3.05, 3.63) is 0 Å². The minimum absolute atomic E-state index is 0.290. The third-order valence-corrected chi connectivity index (χ3v) is 3.42. The fourth-order valence-electron chi connectivity index (χ4n) is 2.63. The number of hydrogen-bond donors (Lipinski definition) is 0. The molecule has 1 heterocycles. The summed E-state index contributed by atoms with van der Waals surface area (Å²) in [5.74, 6) is -2.63. The van der Waals surface area contributed by atoms with E-state index in [2.05, 4.69) is 0 Å². The van der Waals surface area contributed by atoms with Gasteiger partial charge in [-0.25, -0.2) is 0 Å². The highest BCUT2D eigenvalue weighted by molar-refractivity contribution is 5.68. The monoisotopic (exact) mass is 404 g/mol. The molecule has 0 saturated carbocycles. The number of carbonyl (C=O) groups is 4. The first-order valence-corrected chi connectivity index (χ1v) is 8.78. The molecule has 5 atom stereocenters. The standard InChI is InChI=1S/C18H28O10/c1-9(19)23-8-13-14(24-10(2)20)15(25-11(3)21)16(26-12(4)22)17(27-13)28-18(5,6)7/h13-17H,8H2,1-7H3/t13?,14-,15-,16?,17-/m0/s1. The van der Waals surface area contributed by atoms with Gasteiger partial charge in [-0.1, -0.05) is 0 Å². The van der Waals surface area contributed by atoms with Crippen molar-refractivity contribution < 1.29 is 47.6 Å². The summed E-state index contributed by atoms with van der Waals surface area (Å²) < 4.78 is 32.5. The van der Waals surface area contributed by atoms with E-state index in [9.17, 15) is 19.2 Å². The second-order valence-corrected chi connectivity index (χ2v) is 7.30. The van der Waals surface area contributed by atoms with Crippen molar-refractivity contribution in [1.29, 1.82) is 0 Å². The smallest absolute Gasteiger partial charge is 0.303 e. The van der Waals surface area contributed by atoms with Crippen molar-refractivity contribution in [3.63, 3.8) is 0 Å². The first-order chi connectivity index (χ1) is 12.8. The zero-order valence-corrected chi connectivity index (χ0v) is 17.2. The van der Waals surface area contributed by atoms with Crippen LogP contribution in [-0.2, 0) is 47.6 Å². The molecule has 0 aromatic carbocycles. The number of carbonyl (C=O) groups excluding carboxylic acids is 4. The van der Waals surface area contributed by atoms with Crippen molar-refractivity contribution in [3.8, 4) is 0 Å². The van der Waals surface area contributed by atoms with Crippen molar-refractivity contribution in [2.45, 2.75) is 84.8 Å². The Kier molecular flexibility index (Phi) is 8.37. The summed E-state index contributed by atoms with van der Waals surface area (Å²) in [5, 5.41) is 0. The van der Waals surface area contributed by atoms with Crippen LogP contribution in [0.3, 0.4) is 0 Å². The molecule has 2 unspecified atom stereocenters. The lowest BCUT2D eigenvalue weighted by molar-refractivity contribution is -0.325. The Morgan fingerprint density at radius 2 is 1.21 bits per heavy atom. The van der Waals surface area contributed by atoms with Crippen molar-refractivity contribution in [2.24, 2.45) is 0 Å². The third-order valence-electron chi connectivity index (χ3n) is 3.42. The number of esters is 4. The predicted octanol–water partition coefficient (Wildman–Crippen LogP) is 0.885. The van der Waals surface area contributed by atoms with Gasteiger partial charge in [-0.05, 0) is 20.8 Å². The van der Waals surface area contributed by atoms with Gasteiger partial charge in [-0.3, -0.25) is 19.2 Å². The van der Waals surface area contributed by atoms with Gasteiger partial charge in [0.2, 0.25) is 0 Å². The van der Waals surface area contributed by atoms with Crippen LogP contribution >= 0.6 is 0 Å². The maximum Gasteiger partial charge on any atom is 0.303 e. The summed E-state index contributed by atoms with van der Waals surface area (Å²) in [6, 6.07) is 0. The molecule has 0 aromatic heterocycles. The van der Waals surface area contributed by atoms with E-state index in [0.717, 1.165) is 13.8 Å². The van der Waals surface area contributed by atoms with E-state index in [-0.39, 0.29) is 6.61 Å². The van der Waals surface area contributed by atoms with Gasteiger partial charge in [0.25, 0.3) is 0 Å². The fourth-order valence-corrected chi connectivity index (χ4v) is 2.63. The third kappa shape index (κ3) is 7.81. The normalized spacial score (nSPS) is 27.5. The lowest BCUT2D eigenvalue weighted by Crippen LogP contribution is -2.63. The van der Waals surface area contributed by atoms with Crippen LogP contribution in [0.5, 0.6) is 0 Å². The molecule has 0 aromatic rings. The Labute approximate surface area is 163 Å². The highest BCUT2D eigenvalue weighted by atomic mass is 16.7. The van der Waals surface area contributed by atoms with Gasteiger partial charge in [0.05, 0.1) is 5.60 Å². The molecule has 0 N–H and O–H groups in total. The minimum Gasteiger partial charge on any atom is -0.463 e. The van der Waals surface area contributed by atoms with Gasteiger partial charge in [0.1, 0.15) is 12.7 Å². The quantitative estimate of drug-likeness (QED) is 0.465. The summed E-state index contributed by atoms with van der Waals surface area (Å²) >= 11 is 0. The molecular weight excluding hydrogens is 376 g/mol. The molecule has 0 spiro atoms. The predicted molar refractivity (Wildman–Crippen MR) is 92.8 cm³/mol. The number of hydrogen-bond acceptors (Lipinski definition) is 10. The van der Waals surface area contributed by atoms with E-state index >= 15 is 0 Å². The summed E-state index contributed by atoms with van der Waals surface area (Å²) in [6.45, 7) is 9.66. The first-order valence-electron chi connectivity index (χ1n) is 8.78. The molecule has 160 valence electrons. The second-order valence-electron chi connectivity index (χ2n) is 7.30. The molecule has 28 heavy (non-hydrogen) atoms. The molecule has 0 bridgehead atoms. The highest BCUT2D eigenvalue weighted by Crippen LogP contribution is 2.31. The molecule has 10 heteroatoms. The molecule has 1 aliphatic heterocycles. The van der Waals surface area contributed by atoms with Gasteiger partial charge in [0, 0.05) is 27.7 Å². The molecule has 1 aliphatic rings. The lowest BCUT2D eigenvalue weighted by atomic mass is 9.97. The molecule has 0 radical (unpaired) electrons. The van der Waals surface area contributed by atoms with Crippen LogP contribution in [0, 0.1) is 0 Å². The van der Waals surface area contributed by atoms with Crippen molar-refractivity contribution >= 4 is 23.9 Å². The molecular formula is C18H28O10. The van der Waals surface area contributed by atoms with Crippen LogP contribution in [-0.4, -0.2) is 66.8 Å². The number of ether oxygens (including phenoxy) is 6. The summed E-state index contributed by atoms with van der Waals surface area (Å²) in [4.78, 5) is 46.1. The van der Waals surface area contributed by atoms with Crippen molar-refractivity contribution in [2.75, 3.05) is 6.61 Å². The largest absolute Gasteiger partial charge is 0.463 e. The highest BCUT2D eigenvalue weighted by Gasteiger charge is 2.53. The molecule has 1 rings (SSSR count). The van der Waals surface area contributed by atoms with Crippen LogP contribution in [0.2, 0.25) is 0 Å². The van der Waals surface area contributed by atoms with Crippen LogP contribution in [0.4, 0.5) is 0 Å². The van der Waals surface area contributed by atoms with Crippen LogP contribution in [0.1, 0.15) is 48.5 Å². The van der Waals surface area contributed by atoms with Gasteiger partial charge < -0.3 is 28.4 Å². The molecule has 0 amide bonds. The van der Waals surface area contributed by atoms with E-state index < -0.39 is 60.2 Å². The van der Waals surface area contributed by atoms with Crippen molar-refractivity contribution in [1.82, 2.24) is 0 Å². The maximum absolute atomic E-state index is 11.7. The SMILES string of the molecule is CC(=O)OCC1O[C@@H](OC(C)(C)C)C(OC(C)=O)[C@@H](OC(C)=O)[C@H]1OC(C)=O. The lowest BCUT2D eigenvalue weighted by Gasteiger charge is -2.45. The van der Waals surface area contributed by atoms with E-state index in [1.807, 2.05) is 0 Å². The zero-order valence-electron chi connectivity index (χ0n) is 17.2. The van der Waals surface area contributed by atoms with Gasteiger partial charge >= 0.3 is 23.9 Å². The number of rotatable bonds is 6. The molecule has 1 fully saturated rings. The Bertz CT molecular complexity index is 594. The van der Waals surface area contributed by atoms with Crippen LogP contribution in [0.15, 0.2) is 0 Å².